The minimum atomic E-state index is -0.0393. The van der Waals surface area contributed by atoms with E-state index in [1.165, 1.54) is 18.4 Å². The fourth-order valence-electron chi connectivity index (χ4n) is 5.82. The van der Waals surface area contributed by atoms with Gasteiger partial charge in [0.05, 0.1) is 12.7 Å². The molecule has 37 heavy (non-hydrogen) atoms. The number of allylic oxidation sites excluding steroid dienone is 1. The number of pyridine rings is 1. The normalized spacial score (nSPS) is 17.2. The van der Waals surface area contributed by atoms with Crippen molar-refractivity contribution in [2.75, 3.05) is 13.7 Å². The maximum absolute atomic E-state index is 13.2. The number of nitriles is 1. The van der Waals surface area contributed by atoms with Crippen LogP contribution < -0.4 is 4.74 Å². The number of hydrogen-bond donors (Lipinski definition) is 0. The molecule has 1 aromatic carbocycles. The predicted molar refractivity (Wildman–Crippen MR) is 148 cm³/mol. The lowest BCUT2D eigenvalue weighted by molar-refractivity contribution is 0.0923. The molecule has 1 atom stereocenters. The third kappa shape index (κ3) is 4.87. The Hall–Kier alpha value is -3.59. The molecule has 3 heterocycles. The number of carbonyl (C=O) groups excluding carboxylic acids is 1. The van der Waals surface area contributed by atoms with E-state index in [-0.39, 0.29) is 17.7 Å². The number of piperidine rings is 1. The van der Waals surface area contributed by atoms with Crippen LogP contribution in [-0.2, 0) is 13.5 Å². The summed E-state index contributed by atoms with van der Waals surface area (Å²) >= 11 is 0. The molecular formula is C31H38N4O2. The van der Waals surface area contributed by atoms with Crippen LogP contribution in [-0.4, -0.2) is 39.4 Å². The highest BCUT2D eigenvalue weighted by Crippen LogP contribution is 2.43. The molecule has 1 aliphatic rings. The predicted octanol–water partition coefficient (Wildman–Crippen LogP) is 6.32. The summed E-state index contributed by atoms with van der Waals surface area (Å²) in [6.07, 6.45) is 6.38. The fraction of sp³-hybridized carbons (Fsp3) is 0.452. The lowest BCUT2D eigenvalue weighted by Gasteiger charge is -2.49. The van der Waals surface area contributed by atoms with Crippen molar-refractivity contribution < 1.29 is 9.53 Å². The van der Waals surface area contributed by atoms with Gasteiger partial charge < -0.3 is 14.2 Å². The summed E-state index contributed by atoms with van der Waals surface area (Å²) in [7, 11) is 3.57. The Labute approximate surface area is 220 Å². The van der Waals surface area contributed by atoms with Gasteiger partial charge >= 0.3 is 0 Å². The van der Waals surface area contributed by atoms with Gasteiger partial charge in [0.15, 0.2) is 5.78 Å². The number of fused-ring (bicyclic) bond motifs is 1. The van der Waals surface area contributed by atoms with Crippen molar-refractivity contribution >= 4 is 16.8 Å². The number of benzene rings is 1. The van der Waals surface area contributed by atoms with Crippen LogP contribution in [0.4, 0.5) is 0 Å². The average molecular weight is 499 g/mol. The highest BCUT2D eigenvalue weighted by molar-refractivity contribution is 5.99. The first-order valence-corrected chi connectivity index (χ1v) is 13.0. The van der Waals surface area contributed by atoms with E-state index in [0.29, 0.717) is 28.7 Å². The molecule has 6 nitrogen and oxygen atoms in total. The molecule has 0 bridgehead atoms. The van der Waals surface area contributed by atoms with Crippen molar-refractivity contribution in [1.82, 2.24) is 14.5 Å². The highest BCUT2D eigenvalue weighted by atomic mass is 16.5. The first-order valence-electron chi connectivity index (χ1n) is 13.0. The summed E-state index contributed by atoms with van der Waals surface area (Å²) in [5, 5.41) is 10.6. The Morgan fingerprint density at radius 1 is 1.35 bits per heavy atom. The second kappa shape index (κ2) is 10.0. The van der Waals surface area contributed by atoms with E-state index in [9.17, 15) is 10.1 Å². The summed E-state index contributed by atoms with van der Waals surface area (Å²) in [5.41, 5.74) is 6.37. The van der Waals surface area contributed by atoms with Gasteiger partial charge in [-0.2, -0.15) is 5.26 Å². The monoisotopic (exact) mass is 498 g/mol. The van der Waals surface area contributed by atoms with Crippen molar-refractivity contribution in [2.45, 2.75) is 65.3 Å². The maximum Gasteiger partial charge on any atom is 0.167 e. The molecule has 0 unspecified atom stereocenters. The van der Waals surface area contributed by atoms with Crippen LogP contribution in [0.1, 0.15) is 79.1 Å². The fourth-order valence-corrected chi connectivity index (χ4v) is 5.82. The molecule has 2 aromatic heterocycles. The number of aryl methyl sites for hydroxylation is 2. The van der Waals surface area contributed by atoms with Crippen molar-refractivity contribution in [3.8, 4) is 11.8 Å². The van der Waals surface area contributed by atoms with E-state index in [1.54, 1.807) is 18.2 Å². The van der Waals surface area contributed by atoms with Crippen LogP contribution in [0, 0.1) is 24.2 Å². The molecular weight excluding hydrogens is 460 g/mol. The zero-order valence-electron chi connectivity index (χ0n) is 23.2. The Bertz CT molecular complexity index is 1410. The molecule has 194 valence electrons. The van der Waals surface area contributed by atoms with Crippen molar-refractivity contribution in [3.63, 3.8) is 0 Å². The molecule has 0 radical (unpaired) electrons. The van der Waals surface area contributed by atoms with Crippen LogP contribution >= 0.6 is 0 Å². The minimum Gasteiger partial charge on any atom is -0.495 e. The largest absolute Gasteiger partial charge is 0.495 e. The summed E-state index contributed by atoms with van der Waals surface area (Å²) < 4.78 is 7.33. The Balaban J connectivity index is 1.66. The van der Waals surface area contributed by atoms with E-state index < -0.39 is 0 Å². The number of nitrogens with zero attached hydrogens (tertiary/aromatic N) is 4. The van der Waals surface area contributed by atoms with Gasteiger partial charge in [0.1, 0.15) is 17.5 Å². The zero-order valence-corrected chi connectivity index (χ0v) is 23.2. The van der Waals surface area contributed by atoms with E-state index >= 15 is 0 Å². The van der Waals surface area contributed by atoms with Crippen molar-refractivity contribution in [2.24, 2.45) is 13.0 Å². The molecule has 0 N–H and O–H groups in total. The molecule has 0 amide bonds. The molecule has 0 saturated carbocycles. The van der Waals surface area contributed by atoms with Crippen LogP contribution in [0.25, 0.3) is 11.0 Å². The summed E-state index contributed by atoms with van der Waals surface area (Å²) in [4.78, 5) is 20.5. The Kier molecular flexibility index (Phi) is 7.19. The number of hydrogen-bond acceptors (Lipinski definition) is 5. The quantitative estimate of drug-likeness (QED) is 0.357. The van der Waals surface area contributed by atoms with Crippen molar-refractivity contribution in [3.05, 3.63) is 70.7 Å². The van der Waals surface area contributed by atoms with Crippen LogP contribution in [0.15, 0.2) is 42.9 Å². The molecule has 1 fully saturated rings. The molecule has 3 aromatic rings. The van der Waals surface area contributed by atoms with Gasteiger partial charge in [-0.15, -0.1) is 0 Å². The maximum atomic E-state index is 13.2. The highest BCUT2D eigenvalue weighted by Gasteiger charge is 2.37. The third-order valence-electron chi connectivity index (χ3n) is 8.00. The number of methoxy groups -OCH3 is 1. The van der Waals surface area contributed by atoms with E-state index in [2.05, 4.69) is 62.9 Å². The van der Waals surface area contributed by atoms with Crippen molar-refractivity contribution in [1.29, 1.82) is 5.26 Å². The number of aromatic nitrogens is 2. The van der Waals surface area contributed by atoms with Crippen LogP contribution in [0.2, 0.25) is 0 Å². The summed E-state index contributed by atoms with van der Waals surface area (Å²) in [6, 6.07) is 7.12. The minimum absolute atomic E-state index is 0.00809. The topological polar surface area (TPSA) is 71.2 Å². The molecule has 1 aliphatic heterocycles. The zero-order chi connectivity index (χ0) is 27.1. The van der Waals surface area contributed by atoms with E-state index in [1.807, 2.05) is 13.2 Å². The summed E-state index contributed by atoms with van der Waals surface area (Å²) in [6.45, 7) is 16.5. The molecule has 6 heteroatoms. The number of ketones is 1. The third-order valence-corrected chi connectivity index (χ3v) is 8.00. The van der Waals surface area contributed by atoms with Gasteiger partial charge in [-0.3, -0.25) is 4.79 Å². The lowest BCUT2D eigenvalue weighted by Crippen LogP contribution is -2.49. The second-order valence-electron chi connectivity index (χ2n) is 11.2. The standard InChI is InChI=1S/C31H38N4O2/c1-19(2)21(4)35-12-11-23(15-31(35,5)6)26-18-34(7)30-29(26)20(3)25(17-33-30)14-27(36)22-9-10-28(37-8)24(13-22)16-32/h9-10,13,17-19,23H,4,11-12,14-15H2,1-3,5-8H3/t23-/m1/s1. The number of ether oxygens (including phenoxy) is 1. The lowest BCUT2D eigenvalue weighted by atomic mass is 9.78. The Morgan fingerprint density at radius 2 is 2.08 bits per heavy atom. The number of rotatable bonds is 7. The average Bonchev–Trinajstić information content (AvgIpc) is 3.21. The first kappa shape index (κ1) is 26.5. The van der Waals surface area contributed by atoms with Gasteiger partial charge in [0.25, 0.3) is 0 Å². The van der Waals surface area contributed by atoms with Gasteiger partial charge in [0, 0.05) is 54.6 Å². The second-order valence-corrected chi connectivity index (χ2v) is 11.2. The van der Waals surface area contributed by atoms with Crippen LogP contribution in [0.5, 0.6) is 5.75 Å². The molecule has 4 rings (SSSR count). The van der Waals surface area contributed by atoms with E-state index in [4.69, 9.17) is 9.72 Å². The SMILES string of the molecule is C=C(C(C)C)N1CC[C@@H](c2cn(C)c3ncc(CC(=O)c4ccc(OC)c(C#N)c4)c(C)c23)CC1(C)C. The van der Waals surface area contributed by atoms with Gasteiger partial charge in [0.2, 0.25) is 0 Å². The number of likely N-dealkylation sites (tertiary alicyclic amines) is 1. The van der Waals surface area contributed by atoms with Crippen LogP contribution in [0.3, 0.4) is 0 Å². The molecule has 1 saturated heterocycles. The first-order chi connectivity index (χ1) is 17.5. The Morgan fingerprint density at radius 3 is 2.70 bits per heavy atom. The van der Waals surface area contributed by atoms with Gasteiger partial charge in [-0.1, -0.05) is 20.4 Å². The smallest absolute Gasteiger partial charge is 0.167 e. The number of carbonyl (C=O) groups is 1. The molecule has 0 aliphatic carbocycles. The number of Topliss-reactive ketones (excluding diaryl/α,β-unsaturated/α-hetero) is 1. The van der Waals surface area contributed by atoms with E-state index in [0.717, 1.165) is 41.5 Å². The van der Waals surface area contributed by atoms with Gasteiger partial charge in [-0.05, 0) is 80.3 Å². The summed E-state index contributed by atoms with van der Waals surface area (Å²) in [5.74, 6) is 1.26. The molecule has 0 spiro atoms. The van der Waals surface area contributed by atoms with Gasteiger partial charge in [-0.25, -0.2) is 4.98 Å².